The molecule has 0 amide bonds. The molecule has 0 aromatic carbocycles. The van der Waals surface area contributed by atoms with Crippen molar-refractivity contribution in [1.82, 2.24) is 0 Å². The first-order valence-corrected chi connectivity index (χ1v) is 10.1. The highest BCUT2D eigenvalue weighted by Crippen LogP contribution is 2.40. The van der Waals surface area contributed by atoms with E-state index in [9.17, 15) is 33.7 Å². The second kappa shape index (κ2) is 6.03. The molecule has 0 bridgehead atoms. The zero-order valence-electron chi connectivity index (χ0n) is 11.0. The average molecular weight is 392 g/mol. The monoisotopic (exact) mass is 392 g/mol. The maximum atomic E-state index is 11.8. The summed E-state index contributed by atoms with van der Waals surface area (Å²) in [5.74, 6) is 0. The Balaban J connectivity index is 7.61. The van der Waals surface area contributed by atoms with Gasteiger partial charge < -0.3 is 0 Å². The van der Waals surface area contributed by atoms with E-state index in [0.717, 1.165) is 0 Å². The summed E-state index contributed by atoms with van der Waals surface area (Å²) < 4.78 is 105. The van der Waals surface area contributed by atoms with E-state index in [1.54, 1.807) is 0 Å². The SMILES string of the molecule is COS(=O)(=O)C(S(=O)(=O)OC)(S(=O)(=O)OC)S(=O)(=O)OC. The lowest BCUT2D eigenvalue weighted by molar-refractivity contribution is 0.347. The van der Waals surface area contributed by atoms with Crippen LogP contribution in [-0.2, 0) is 57.2 Å². The zero-order chi connectivity index (χ0) is 17.3. The molecule has 0 atom stereocenters. The number of rotatable bonds is 8. The maximum Gasteiger partial charge on any atom is 0.466 e. The van der Waals surface area contributed by atoms with Crippen molar-refractivity contribution in [3.05, 3.63) is 0 Å². The average Bonchev–Trinajstić information content (AvgIpc) is 2.37. The number of hydrogen-bond donors (Lipinski definition) is 0. The molecule has 0 aliphatic heterocycles. The summed E-state index contributed by atoms with van der Waals surface area (Å²) >= 11 is 0. The standard InChI is InChI=1S/C5H12O12S4/c1-14-18(6,7)5(19(8,9)15-2,20(10,11)16-3)21(12,13)17-4/h1-4H3. The second-order valence-corrected chi connectivity index (χ2v) is 11.9. The highest BCUT2D eigenvalue weighted by molar-refractivity contribution is 8.36. The molecule has 21 heavy (non-hydrogen) atoms. The van der Waals surface area contributed by atoms with Gasteiger partial charge in [-0.25, -0.2) is 0 Å². The largest absolute Gasteiger partial charge is 0.466 e. The molecule has 0 aromatic rings. The molecule has 0 rings (SSSR count). The lowest BCUT2D eigenvalue weighted by Gasteiger charge is -2.26. The minimum Gasteiger partial charge on any atom is -0.270 e. The van der Waals surface area contributed by atoms with Crippen LogP contribution in [-0.4, -0.2) is 64.9 Å². The van der Waals surface area contributed by atoms with Crippen LogP contribution in [0, 0.1) is 0 Å². The van der Waals surface area contributed by atoms with E-state index in [2.05, 4.69) is 16.7 Å². The minimum absolute atomic E-state index is 0.339. The van der Waals surface area contributed by atoms with Gasteiger partial charge in [0.15, 0.2) is 0 Å². The van der Waals surface area contributed by atoms with Crippen molar-refractivity contribution in [3.63, 3.8) is 0 Å². The summed E-state index contributed by atoms with van der Waals surface area (Å²) in [7, 11) is -22.1. The molecule has 0 heterocycles. The molecule has 0 saturated carbocycles. The molecule has 0 fully saturated rings. The smallest absolute Gasteiger partial charge is 0.270 e. The molecule has 16 heteroatoms. The summed E-state index contributed by atoms with van der Waals surface area (Å²) in [4.78, 5) is 0. The molecule has 12 nitrogen and oxygen atoms in total. The molecular weight excluding hydrogens is 380 g/mol. The van der Waals surface area contributed by atoms with Crippen LogP contribution in [0.1, 0.15) is 0 Å². The Bertz CT molecular complexity index is 640. The van der Waals surface area contributed by atoms with Crippen molar-refractivity contribution < 1.29 is 50.4 Å². The fourth-order valence-electron chi connectivity index (χ4n) is 1.16. The van der Waals surface area contributed by atoms with E-state index >= 15 is 0 Å². The van der Waals surface area contributed by atoms with Gasteiger partial charge in [0, 0.05) is 0 Å². The highest BCUT2D eigenvalue weighted by atomic mass is 32.4. The van der Waals surface area contributed by atoms with Gasteiger partial charge in [-0.05, 0) is 0 Å². The maximum absolute atomic E-state index is 11.8. The van der Waals surface area contributed by atoms with Gasteiger partial charge in [-0.3, -0.25) is 16.7 Å². The van der Waals surface area contributed by atoms with Crippen molar-refractivity contribution in [2.24, 2.45) is 0 Å². The first kappa shape index (κ1) is 20.6. The predicted molar refractivity (Wildman–Crippen MR) is 66.4 cm³/mol. The molecule has 128 valence electrons. The lowest BCUT2D eigenvalue weighted by atomic mass is 11.8. The Labute approximate surface area is 122 Å². The highest BCUT2D eigenvalue weighted by Gasteiger charge is 2.78. The molecule has 0 aromatic heterocycles. The van der Waals surface area contributed by atoms with Gasteiger partial charge in [-0.2, -0.15) is 33.7 Å². The third kappa shape index (κ3) is 2.69. The fourth-order valence-corrected chi connectivity index (χ4v) is 10.4. The van der Waals surface area contributed by atoms with E-state index in [1.807, 2.05) is 0 Å². The quantitative estimate of drug-likeness (QED) is 0.398. The van der Waals surface area contributed by atoms with Crippen molar-refractivity contribution in [3.8, 4) is 0 Å². The van der Waals surface area contributed by atoms with E-state index in [-0.39, 0.29) is 0 Å². The molecule has 0 N–H and O–H groups in total. The lowest BCUT2D eigenvalue weighted by Crippen LogP contribution is -2.59. The second-order valence-electron chi connectivity index (χ2n) is 2.98. The van der Waals surface area contributed by atoms with Gasteiger partial charge in [0.05, 0.1) is 28.4 Å². The Morgan fingerprint density at radius 1 is 0.476 bits per heavy atom. The molecule has 0 radical (unpaired) electrons. The summed E-state index contributed by atoms with van der Waals surface area (Å²) in [5.41, 5.74) is 0. The van der Waals surface area contributed by atoms with Crippen molar-refractivity contribution in [2.45, 2.75) is 2.74 Å². The Morgan fingerprint density at radius 2 is 0.619 bits per heavy atom. The van der Waals surface area contributed by atoms with Crippen LogP contribution in [0.4, 0.5) is 0 Å². The summed E-state index contributed by atoms with van der Waals surface area (Å²) in [5, 5.41) is 0. The molecule has 0 spiro atoms. The fraction of sp³-hybridized carbons (Fsp3) is 1.00. The van der Waals surface area contributed by atoms with Crippen LogP contribution in [0.3, 0.4) is 0 Å². The predicted octanol–water partition coefficient (Wildman–Crippen LogP) is -2.50. The minimum atomic E-state index is -5.87. The number of hydrogen-bond acceptors (Lipinski definition) is 12. The van der Waals surface area contributed by atoms with Crippen LogP contribution >= 0.6 is 0 Å². The van der Waals surface area contributed by atoms with Crippen molar-refractivity contribution in [1.29, 1.82) is 0 Å². The normalized spacial score (nSPS) is 15.0. The van der Waals surface area contributed by atoms with Crippen LogP contribution in [0.5, 0.6) is 0 Å². The Morgan fingerprint density at radius 3 is 0.714 bits per heavy atom. The van der Waals surface area contributed by atoms with E-state index in [0.29, 0.717) is 28.4 Å². The molecule has 0 unspecified atom stereocenters. The van der Waals surface area contributed by atoms with E-state index in [1.165, 1.54) is 0 Å². The first-order valence-electron chi connectivity index (χ1n) is 4.45. The topological polar surface area (TPSA) is 173 Å². The van der Waals surface area contributed by atoms with Gasteiger partial charge in [-0.1, -0.05) is 0 Å². The molecule has 0 aliphatic carbocycles. The van der Waals surface area contributed by atoms with Gasteiger partial charge in [0.1, 0.15) is 0 Å². The van der Waals surface area contributed by atoms with Gasteiger partial charge in [0.2, 0.25) is 0 Å². The Kier molecular flexibility index (Phi) is 5.93. The van der Waals surface area contributed by atoms with Crippen LogP contribution in [0.15, 0.2) is 0 Å². The third-order valence-corrected chi connectivity index (χ3v) is 13.7. The van der Waals surface area contributed by atoms with Crippen LogP contribution in [0.25, 0.3) is 0 Å². The third-order valence-electron chi connectivity index (χ3n) is 2.10. The summed E-state index contributed by atoms with van der Waals surface area (Å²) in [6, 6.07) is 0. The van der Waals surface area contributed by atoms with Crippen LogP contribution < -0.4 is 0 Å². The molecule has 0 aliphatic rings. The summed E-state index contributed by atoms with van der Waals surface area (Å²) in [6.45, 7) is 0. The van der Waals surface area contributed by atoms with Gasteiger partial charge in [-0.15, -0.1) is 0 Å². The van der Waals surface area contributed by atoms with Crippen molar-refractivity contribution >= 4 is 40.5 Å². The van der Waals surface area contributed by atoms with Crippen molar-refractivity contribution in [2.75, 3.05) is 28.4 Å². The Hall–Kier alpha value is -0.360. The van der Waals surface area contributed by atoms with E-state index in [4.69, 9.17) is 0 Å². The molecule has 0 saturated heterocycles. The van der Waals surface area contributed by atoms with E-state index < -0.39 is 43.2 Å². The molecular formula is C5H12O12S4. The van der Waals surface area contributed by atoms with Crippen LogP contribution in [0.2, 0.25) is 0 Å². The van der Waals surface area contributed by atoms with Gasteiger partial charge in [0.25, 0.3) is 0 Å². The zero-order valence-corrected chi connectivity index (χ0v) is 14.3. The summed E-state index contributed by atoms with van der Waals surface area (Å²) in [6.07, 6.45) is 0. The first-order chi connectivity index (χ1) is 9.24. The van der Waals surface area contributed by atoms with Gasteiger partial charge >= 0.3 is 43.2 Å².